The molecule has 1 aromatic carbocycles. The summed E-state index contributed by atoms with van der Waals surface area (Å²) in [5, 5.41) is 0. The Morgan fingerprint density at radius 2 is 2.19 bits per heavy atom. The van der Waals surface area contributed by atoms with Gasteiger partial charge in [-0.2, -0.15) is 0 Å². The van der Waals surface area contributed by atoms with Crippen LogP contribution >= 0.6 is 15.9 Å². The van der Waals surface area contributed by atoms with Crippen molar-refractivity contribution in [3.8, 4) is 17.0 Å². The van der Waals surface area contributed by atoms with Crippen LogP contribution in [0, 0.1) is 0 Å². The average Bonchev–Trinajstić information content (AvgIpc) is 3.25. The molecule has 0 bridgehead atoms. The largest absolute Gasteiger partial charge is 0.497 e. The highest BCUT2D eigenvalue weighted by molar-refractivity contribution is 9.10. The maximum Gasteiger partial charge on any atom is 0.132 e. The van der Waals surface area contributed by atoms with E-state index in [-0.39, 0.29) is 0 Å². The number of benzene rings is 1. The fourth-order valence-electron chi connectivity index (χ4n) is 2.64. The Bertz CT molecular complexity index is 662. The summed E-state index contributed by atoms with van der Waals surface area (Å²) in [4.78, 5) is 4.82. The summed E-state index contributed by atoms with van der Waals surface area (Å²) >= 11 is 3.60. The second kappa shape index (κ2) is 5.72. The molecule has 1 aromatic heterocycles. The fraction of sp³-hybridized carbons (Fsp3) is 0.438. The molecule has 1 aliphatic carbocycles. The van der Waals surface area contributed by atoms with Crippen LogP contribution in [0.2, 0.25) is 0 Å². The van der Waals surface area contributed by atoms with Crippen molar-refractivity contribution in [3.05, 3.63) is 28.5 Å². The number of methoxy groups -OCH3 is 1. The normalized spacial score (nSPS) is 14.4. The Kier molecular flexibility index (Phi) is 3.93. The van der Waals surface area contributed by atoms with Gasteiger partial charge in [0.2, 0.25) is 0 Å². The quantitative estimate of drug-likeness (QED) is 0.880. The topological polar surface area (TPSA) is 53.1 Å². The van der Waals surface area contributed by atoms with Crippen LogP contribution in [0.25, 0.3) is 11.3 Å². The third kappa shape index (κ3) is 2.67. The highest BCUT2D eigenvalue weighted by atomic mass is 79.9. The Morgan fingerprint density at radius 3 is 2.81 bits per heavy atom. The van der Waals surface area contributed by atoms with Crippen molar-refractivity contribution in [1.82, 2.24) is 9.55 Å². The van der Waals surface area contributed by atoms with E-state index in [1.807, 2.05) is 18.2 Å². The summed E-state index contributed by atoms with van der Waals surface area (Å²) in [6.45, 7) is 2.17. The molecule has 4 nitrogen and oxygen atoms in total. The first kappa shape index (κ1) is 14.4. The highest BCUT2D eigenvalue weighted by Gasteiger charge is 2.30. The number of imidazole rings is 1. The molecule has 1 fully saturated rings. The number of hydrogen-bond acceptors (Lipinski definition) is 3. The van der Waals surface area contributed by atoms with Crippen molar-refractivity contribution in [1.29, 1.82) is 0 Å². The van der Waals surface area contributed by atoms with E-state index in [0.29, 0.717) is 6.04 Å². The maximum atomic E-state index is 6.41. The molecule has 1 heterocycles. The summed E-state index contributed by atoms with van der Waals surface area (Å²) in [5.41, 5.74) is 8.25. The number of ether oxygens (including phenoxy) is 1. The van der Waals surface area contributed by atoms with E-state index in [2.05, 4.69) is 27.4 Å². The number of nitrogen functional groups attached to an aromatic ring is 1. The molecule has 0 unspecified atom stereocenters. The number of hydrogen-bond donors (Lipinski definition) is 1. The lowest BCUT2D eigenvalue weighted by Gasteiger charge is -2.08. The van der Waals surface area contributed by atoms with Gasteiger partial charge in [-0.3, -0.25) is 0 Å². The lowest BCUT2D eigenvalue weighted by Crippen LogP contribution is -2.05. The van der Waals surface area contributed by atoms with Crippen LogP contribution in [-0.2, 0) is 6.42 Å². The van der Waals surface area contributed by atoms with Crippen LogP contribution in [0.4, 0.5) is 5.82 Å². The molecule has 1 saturated carbocycles. The third-order valence-corrected chi connectivity index (χ3v) is 4.53. The molecule has 2 N–H and O–H groups in total. The van der Waals surface area contributed by atoms with Gasteiger partial charge in [-0.15, -0.1) is 0 Å². The predicted octanol–water partition coefficient (Wildman–Crippen LogP) is 4.19. The summed E-state index contributed by atoms with van der Waals surface area (Å²) < 4.78 is 8.53. The molecule has 0 amide bonds. The fourth-order valence-corrected chi connectivity index (χ4v) is 3.08. The Morgan fingerprint density at radius 1 is 1.43 bits per heavy atom. The molecule has 21 heavy (non-hydrogen) atoms. The zero-order valence-electron chi connectivity index (χ0n) is 12.4. The Hall–Kier alpha value is -1.49. The van der Waals surface area contributed by atoms with Crippen molar-refractivity contribution < 1.29 is 4.74 Å². The van der Waals surface area contributed by atoms with Gasteiger partial charge in [-0.1, -0.05) is 22.9 Å². The van der Waals surface area contributed by atoms with Gasteiger partial charge in [0.1, 0.15) is 23.1 Å². The van der Waals surface area contributed by atoms with Gasteiger partial charge in [-0.25, -0.2) is 4.98 Å². The SMILES string of the molecule is CCCc1nc(-c2cc(OC)ccc2Br)c(N)n1C1CC1. The summed E-state index contributed by atoms with van der Waals surface area (Å²) in [5.74, 6) is 2.68. The minimum Gasteiger partial charge on any atom is -0.497 e. The van der Waals surface area contributed by atoms with Gasteiger partial charge in [0.15, 0.2) is 0 Å². The zero-order valence-corrected chi connectivity index (χ0v) is 14.0. The Labute approximate surface area is 133 Å². The van der Waals surface area contributed by atoms with Crippen LogP contribution in [0.5, 0.6) is 5.75 Å². The number of rotatable bonds is 5. The van der Waals surface area contributed by atoms with E-state index >= 15 is 0 Å². The van der Waals surface area contributed by atoms with Gasteiger partial charge in [-0.05, 0) is 37.5 Å². The predicted molar refractivity (Wildman–Crippen MR) is 88.6 cm³/mol. The molecule has 1 aliphatic rings. The molecule has 0 aliphatic heterocycles. The van der Waals surface area contributed by atoms with Crippen molar-refractivity contribution in [2.45, 2.75) is 38.6 Å². The molecule has 0 saturated heterocycles. The van der Waals surface area contributed by atoms with E-state index in [1.165, 1.54) is 12.8 Å². The first-order valence-corrected chi connectivity index (χ1v) is 8.15. The minimum absolute atomic E-state index is 0.539. The minimum atomic E-state index is 0.539. The standard InChI is InChI=1S/C16H20BrN3O/c1-3-4-14-19-15(16(18)20(14)10-5-6-10)12-9-11(21-2)7-8-13(12)17/h7-10H,3-6,18H2,1-2H3. The monoisotopic (exact) mass is 349 g/mol. The van der Waals surface area contributed by atoms with Crippen molar-refractivity contribution in [2.24, 2.45) is 0 Å². The third-order valence-electron chi connectivity index (χ3n) is 3.84. The number of aryl methyl sites for hydroxylation is 1. The van der Waals surface area contributed by atoms with Crippen LogP contribution in [0.15, 0.2) is 22.7 Å². The van der Waals surface area contributed by atoms with Gasteiger partial charge >= 0.3 is 0 Å². The van der Waals surface area contributed by atoms with Crippen LogP contribution in [0.3, 0.4) is 0 Å². The van der Waals surface area contributed by atoms with E-state index in [4.69, 9.17) is 15.5 Å². The van der Waals surface area contributed by atoms with E-state index in [9.17, 15) is 0 Å². The molecule has 0 radical (unpaired) electrons. The van der Waals surface area contributed by atoms with Crippen molar-refractivity contribution in [3.63, 3.8) is 0 Å². The van der Waals surface area contributed by atoms with Crippen LogP contribution in [0.1, 0.15) is 38.1 Å². The van der Waals surface area contributed by atoms with Crippen LogP contribution < -0.4 is 10.5 Å². The summed E-state index contributed by atoms with van der Waals surface area (Å²) in [6.07, 6.45) is 4.44. The summed E-state index contributed by atoms with van der Waals surface area (Å²) in [6, 6.07) is 6.42. The zero-order chi connectivity index (χ0) is 15.0. The average molecular weight is 350 g/mol. The van der Waals surface area contributed by atoms with Crippen molar-refractivity contribution >= 4 is 21.7 Å². The lowest BCUT2D eigenvalue weighted by molar-refractivity contribution is 0.415. The molecular weight excluding hydrogens is 330 g/mol. The summed E-state index contributed by atoms with van der Waals surface area (Å²) in [7, 11) is 1.67. The first-order chi connectivity index (χ1) is 10.2. The maximum absolute atomic E-state index is 6.41. The molecule has 0 spiro atoms. The van der Waals surface area contributed by atoms with Gasteiger partial charge in [0, 0.05) is 22.5 Å². The number of anilines is 1. The molecular formula is C16H20BrN3O. The number of nitrogens with zero attached hydrogens (tertiary/aromatic N) is 2. The highest BCUT2D eigenvalue weighted by Crippen LogP contribution is 2.42. The molecule has 3 rings (SSSR count). The van der Waals surface area contributed by atoms with Crippen LogP contribution in [-0.4, -0.2) is 16.7 Å². The van der Waals surface area contributed by atoms with Crippen molar-refractivity contribution in [2.75, 3.05) is 12.8 Å². The van der Waals surface area contributed by atoms with E-state index in [0.717, 1.165) is 46.0 Å². The van der Waals surface area contributed by atoms with Gasteiger partial charge in [0.05, 0.1) is 7.11 Å². The number of halogens is 1. The molecule has 112 valence electrons. The first-order valence-electron chi connectivity index (χ1n) is 7.36. The van der Waals surface area contributed by atoms with Gasteiger partial charge in [0.25, 0.3) is 0 Å². The number of aromatic nitrogens is 2. The number of nitrogens with two attached hydrogens (primary N) is 1. The van der Waals surface area contributed by atoms with E-state index in [1.54, 1.807) is 7.11 Å². The molecule has 2 aromatic rings. The second-order valence-electron chi connectivity index (χ2n) is 5.46. The second-order valence-corrected chi connectivity index (χ2v) is 6.31. The molecule has 0 atom stereocenters. The smallest absolute Gasteiger partial charge is 0.132 e. The van der Waals surface area contributed by atoms with Gasteiger partial charge < -0.3 is 15.0 Å². The Balaban J connectivity index is 2.12. The molecule has 5 heteroatoms. The van der Waals surface area contributed by atoms with E-state index < -0.39 is 0 Å². The lowest BCUT2D eigenvalue weighted by atomic mass is 10.1.